The lowest BCUT2D eigenvalue weighted by atomic mass is 9.95. The van der Waals surface area contributed by atoms with E-state index >= 15 is 0 Å². The van der Waals surface area contributed by atoms with Crippen LogP contribution >= 0.6 is 0 Å². The Labute approximate surface area is 110 Å². The van der Waals surface area contributed by atoms with Gasteiger partial charge in [-0.25, -0.2) is 0 Å². The molecule has 0 aromatic heterocycles. The van der Waals surface area contributed by atoms with Crippen LogP contribution in [0.25, 0.3) is 10.8 Å². The molecule has 1 atom stereocenters. The van der Waals surface area contributed by atoms with Crippen LogP contribution in [0.3, 0.4) is 0 Å². The van der Waals surface area contributed by atoms with Crippen molar-refractivity contribution in [2.75, 3.05) is 0 Å². The Morgan fingerprint density at radius 2 is 1.72 bits per heavy atom. The zero-order chi connectivity index (χ0) is 12.8. The van der Waals surface area contributed by atoms with E-state index in [1.165, 1.54) is 42.0 Å². The molecule has 96 valence electrons. The van der Waals surface area contributed by atoms with Gasteiger partial charge in [0.25, 0.3) is 0 Å². The summed E-state index contributed by atoms with van der Waals surface area (Å²) in [6.07, 6.45) is 6.23. The number of unbranched alkanes of at least 4 members (excludes halogenated alkanes) is 3. The number of benzene rings is 2. The molecule has 0 aliphatic rings. The molecule has 0 saturated carbocycles. The molecule has 0 radical (unpaired) electrons. The number of nitrogens with two attached hydrogens (primary N) is 1. The van der Waals surface area contributed by atoms with Crippen molar-refractivity contribution in [3.05, 3.63) is 48.0 Å². The maximum Gasteiger partial charge on any atom is 0.0301 e. The summed E-state index contributed by atoms with van der Waals surface area (Å²) in [6, 6.07) is 15.1. The van der Waals surface area contributed by atoms with Gasteiger partial charge in [-0.3, -0.25) is 0 Å². The van der Waals surface area contributed by atoms with Gasteiger partial charge in [-0.2, -0.15) is 0 Å². The van der Waals surface area contributed by atoms with Gasteiger partial charge >= 0.3 is 0 Å². The van der Waals surface area contributed by atoms with Gasteiger partial charge < -0.3 is 5.73 Å². The molecule has 0 saturated heterocycles. The molecule has 0 spiro atoms. The van der Waals surface area contributed by atoms with E-state index in [4.69, 9.17) is 5.73 Å². The molecule has 0 fully saturated rings. The first-order valence-electron chi connectivity index (χ1n) is 7.06. The highest BCUT2D eigenvalue weighted by atomic mass is 14.6. The average molecular weight is 241 g/mol. The first-order valence-corrected chi connectivity index (χ1v) is 7.06. The maximum absolute atomic E-state index is 6.34. The van der Waals surface area contributed by atoms with E-state index in [0.717, 1.165) is 6.42 Å². The van der Waals surface area contributed by atoms with Gasteiger partial charge in [0.05, 0.1) is 0 Å². The molecule has 2 aromatic rings. The lowest BCUT2D eigenvalue weighted by Gasteiger charge is -2.14. The first kappa shape index (κ1) is 13.1. The molecule has 0 bridgehead atoms. The van der Waals surface area contributed by atoms with Crippen molar-refractivity contribution < 1.29 is 0 Å². The van der Waals surface area contributed by atoms with Crippen molar-refractivity contribution in [3.8, 4) is 0 Å². The minimum atomic E-state index is 0.174. The molecule has 0 amide bonds. The highest BCUT2D eigenvalue weighted by Crippen LogP contribution is 2.26. The fourth-order valence-electron chi connectivity index (χ4n) is 2.52. The molecular weight excluding hydrogens is 218 g/mol. The van der Waals surface area contributed by atoms with Gasteiger partial charge in [-0.1, -0.05) is 75.1 Å². The van der Waals surface area contributed by atoms with Crippen molar-refractivity contribution in [2.24, 2.45) is 5.73 Å². The summed E-state index contributed by atoms with van der Waals surface area (Å²) >= 11 is 0. The highest BCUT2D eigenvalue weighted by molar-refractivity contribution is 5.86. The molecule has 0 aliphatic heterocycles. The molecule has 2 aromatic carbocycles. The van der Waals surface area contributed by atoms with Crippen LogP contribution in [-0.2, 0) is 0 Å². The number of hydrogen-bond acceptors (Lipinski definition) is 1. The smallest absolute Gasteiger partial charge is 0.0301 e. The second-order valence-electron chi connectivity index (χ2n) is 5.02. The summed E-state index contributed by atoms with van der Waals surface area (Å²) in [5.74, 6) is 0. The van der Waals surface area contributed by atoms with Gasteiger partial charge in [-0.15, -0.1) is 0 Å². The predicted molar refractivity (Wildman–Crippen MR) is 79.6 cm³/mol. The fraction of sp³-hybridized carbons (Fsp3) is 0.412. The van der Waals surface area contributed by atoms with Gasteiger partial charge in [-0.05, 0) is 22.8 Å². The monoisotopic (exact) mass is 241 g/mol. The van der Waals surface area contributed by atoms with Crippen molar-refractivity contribution in [1.82, 2.24) is 0 Å². The van der Waals surface area contributed by atoms with E-state index in [-0.39, 0.29) is 6.04 Å². The summed E-state index contributed by atoms with van der Waals surface area (Å²) in [6.45, 7) is 2.24. The van der Waals surface area contributed by atoms with Crippen LogP contribution in [0.4, 0.5) is 0 Å². The van der Waals surface area contributed by atoms with Gasteiger partial charge in [0.15, 0.2) is 0 Å². The Bertz CT molecular complexity index is 484. The van der Waals surface area contributed by atoms with Crippen LogP contribution in [0.5, 0.6) is 0 Å². The molecule has 2 N–H and O–H groups in total. The molecular formula is C17H23N. The highest BCUT2D eigenvalue weighted by Gasteiger charge is 2.08. The third-order valence-corrected chi connectivity index (χ3v) is 3.59. The van der Waals surface area contributed by atoms with E-state index in [2.05, 4.69) is 49.4 Å². The third-order valence-electron chi connectivity index (χ3n) is 3.59. The predicted octanol–water partition coefficient (Wildman–Crippen LogP) is 4.81. The normalized spacial score (nSPS) is 12.8. The lowest BCUT2D eigenvalue weighted by molar-refractivity contribution is 0.568. The largest absolute Gasteiger partial charge is 0.324 e. The lowest BCUT2D eigenvalue weighted by Crippen LogP contribution is -2.10. The Morgan fingerprint density at radius 1 is 0.944 bits per heavy atom. The summed E-state index contributed by atoms with van der Waals surface area (Å²) in [5, 5.41) is 2.60. The Kier molecular flexibility index (Phi) is 4.77. The summed E-state index contributed by atoms with van der Waals surface area (Å²) in [7, 11) is 0. The van der Waals surface area contributed by atoms with E-state index in [9.17, 15) is 0 Å². The maximum atomic E-state index is 6.34. The molecule has 18 heavy (non-hydrogen) atoms. The van der Waals surface area contributed by atoms with Crippen molar-refractivity contribution >= 4 is 10.8 Å². The quantitative estimate of drug-likeness (QED) is 0.722. The van der Waals surface area contributed by atoms with Crippen molar-refractivity contribution in [2.45, 2.75) is 45.1 Å². The Balaban J connectivity index is 2.10. The van der Waals surface area contributed by atoms with E-state index < -0.39 is 0 Å². The molecule has 0 heterocycles. The Hall–Kier alpha value is -1.34. The fourth-order valence-corrected chi connectivity index (χ4v) is 2.52. The van der Waals surface area contributed by atoms with Crippen molar-refractivity contribution in [3.63, 3.8) is 0 Å². The van der Waals surface area contributed by atoms with Gasteiger partial charge in [0.1, 0.15) is 0 Å². The second-order valence-corrected chi connectivity index (χ2v) is 5.02. The summed E-state index contributed by atoms with van der Waals surface area (Å²) < 4.78 is 0. The summed E-state index contributed by atoms with van der Waals surface area (Å²) in [4.78, 5) is 0. The van der Waals surface area contributed by atoms with E-state index in [1.54, 1.807) is 0 Å². The SMILES string of the molecule is CCCCCCC(N)c1cccc2ccccc12. The Morgan fingerprint density at radius 3 is 2.56 bits per heavy atom. The topological polar surface area (TPSA) is 26.0 Å². The van der Waals surface area contributed by atoms with Crippen molar-refractivity contribution in [1.29, 1.82) is 0 Å². The van der Waals surface area contributed by atoms with Crippen LogP contribution < -0.4 is 5.73 Å². The van der Waals surface area contributed by atoms with Crippen LogP contribution in [0.2, 0.25) is 0 Å². The van der Waals surface area contributed by atoms with Crippen LogP contribution in [0, 0.1) is 0 Å². The molecule has 2 rings (SSSR count). The number of rotatable bonds is 6. The minimum absolute atomic E-state index is 0.174. The van der Waals surface area contributed by atoms with Crippen LogP contribution in [0.1, 0.15) is 50.6 Å². The van der Waals surface area contributed by atoms with E-state index in [0.29, 0.717) is 0 Å². The van der Waals surface area contributed by atoms with Crippen LogP contribution in [-0.4, -0.2) is 0 Å². The second kappa shape index (κ2) is 6.55. The van der Waals surface area contributed by atoms with Gasteiger partial charge in [0.2, 0.25) is 0 Å². The minimum Gasteiger partial charge on any atom is -0.324 e. The molecule has 0 aliphatic carbocycles. The van der Waals surface area contributed by atoms with E-state index in [1.807, 2.05) is 0 Å². The standard InChI is InChI=1S/C17H23N/c1-2-3-4-5-13-17(18)16-12-8-10-14-9-6-7-11-15(14)16/h6-12,17H,2-5,13,18H2,1H3. The third kappa shape index (κ3) is 3.11. The average Bonchev–Trinajstić information content (AvgIpc) is 2.43. The van der Waals surface area contributed by atoms with Crippen LogP contribution in [0.15, 0.2) is 42.5 Å². The first-order chi connectivity index (χ1) is 8.83. The van der Waals surface area contributed by atoms with Gasteiger partial charge in [0, 0.05) is 6.04 Å². The molecule has 1 heteroatoms. The molecule has 1 nitrogen and oxygen atoms in total. The summed E-state index contributed by atoms with van der Waals surface area (Å²) in [5.41, 5.74) is 7.64. The molecule has 1 unspecified atom stereocenters. The zero-order valence-corrected chi connectivity index (χ0v) is 11.2. The zero-order valence-electron chi connectivity index (χ0n) is 11.2. The number of fused-ring (bicyclic) bond motifs is 1. The number of hydrogen-bond donors (Lipinski definition) is 1.